The van der Waals surface area contributed by atoms with Crippen molar-refractivity contribution in [2.45, 2.75) is 27.3 Å². The van der Waals surface area contributed by atoms with Gasteiger partial charge in [-0.25, -0.2) is 4.98 Å². The molecule has 0 fully saturated rings. The zero-order valence-electron chi connectivity index (χ0n) is 12.7. The van der Waals surface area contributed by atoms with E-state index in [1.807, 2.05) is 51.1 Å². The molecule has 2 rings (SSSR count). The molecule has 21 heavy (non-hydrogen) atoms. The summed E-state index contributed by atoms with van der Waals surface area (Å²) in [4.78, 5) is 8.68. The molecule has 5 heteroatoms. The standard InChI is InChI=1S/C16H21N3O2/c1-4-20-14-8-6-7-13(10-14)11-17-16-18-12(3)9-15(19-16)21-5-2/h6-10H,4-5,11H2,1-3H3,(H,17,18,19). The maximum Gasteiger partial charge on any atom is 0.226 e. The van der Waals surface area contributed by atoms with E-state index < -0.39 is 0 Å². The molecule has 1 aromatic carbocycles. The van der Waals surface area contributed by atoms with Gasteiger partial charge in [-0.2, -0.15) is 4.98 Å². The fourth-order valence-electron chi connectivity index (χ4n) is 1.93. The summed E-state index contributed by atoms with van der Waals surface area (Å²) in [5.74, 6) is 2.03. The van der Waals surface area contributed by atoms with Crippen molar-refractivity contribution >= 4 is 5.95 Å². The van der Waals surface area contributed by atoms with E-state index in [0.29, 0.717) is 31.6 Å². The number of rotatable bonds is 7. The van der Waals surface area contributed by atoms with Crippen LogP contribution in [0.25, 0.3) is 0 Å². The summed E-state index contributed by atoms with van der Waals surface area (Å²) in [6.45, 7) is 7.72. The molecule has 0 bridgehead atoms. The molecule has 0 amide bonds. The van der Waals surface area contributed by atoms with Gasteiger partial charge in [0.25, 0.3) is 0 Å². The normalized spacial score (nSPS) is 10.2. The van der Waals surface area contributed by atoms with Crippen LogP contribution in [0.3, 0.4) is 0 Å². The number of hydrogen-bond donors (Lipinski definition) is 1. The Bertz CT molecular complexity index is 587. The van der Waals surface area contributed by atoms with Crippen LogP contribution in [0.1, 0.15) is 25.1 Å². The molecular weight excluding hydrogens is 266 g/mol. The van der Waals surface area contributed by atoms with E-state index in [0.717, 1.165) is 17.0 Å². The second kappa shape index (κ2) is 7.47. The molecule has 0 aliphatic rings. The van der Waals surface area contributed by atoms with Crippen molar-refractivity contribution in [3.05, 3.63) is 41.6 Å². The summed E-state index contributed by atoms with van der Waals surface area (Å²) in [5, 5.41) is 3.21. The third-order valence-electron chi connectivity index (χ3n) is 2.78. The van der Waals surface area contributed by atoms with E-state index in [-0.39, 0.29) is 0 Å². The topological polar surface area (TPSA) is 56.3 Å². The van der Waals surface area contributed by atoms with Gasteiger partial charge in [-0.15, -0.1) is 0 Å². The molecule has 0 radical (unpaired) electrons. The predicted molar refractivity (Wildman–Crippen MR) is 82.9 cm³/mol. The smallest absolute Gasteiger partial charge is 0.226 e. The minimum atomic E-state index is 0.570. The van der Waals surface area contributed by atoms with Gasteiger partial charge in [0.1, 0.15) is 5.75 Å². The highest BCUT2D eigenvalue weighted by Crippen LogP contribution is 2.16. The van der Waals surface area contributed by atoms with Gasteiger partial charge in [0.2, 0.25) is 11.8 Å². The molecule has 0 unspecified atom stereocenters. The monoisotopic (exact) mass is 287 g/mol. The number of anilines is 1. The fraction of sp³-hybridized carbons (Fsp3) is 0.375. The number of ether oxygens (including phenoxy) is 2. The van der Waals surface area contributed by atoms with Gasteiger partial charge in [0.05, 0.1) is 13.2 Å². The maximum absolute atomic E-state index is 5.49. The second-order valence-corrected chi connectivity index (χ2v) is 4.54. The van der Waals surface area contributed by atoms with Crippen molar-refractivity contribution in [2.75, 3.05) is 18.5 Å². The Balaban J connectivity index is 2.03. The van der Waals surface area contributed by atoms with Gasteiger partial charge in [-0.05, 0) is 38.5 Å². The van der Waals surface area contributed by atoms with E-state index in [9.17, 15) is 0 Å². The van der Waals surface area contributed by atoms with Gasteiger partial charge >= 0.3 is 0 Å². The lowest BCUT2D eigenvalue weighted by molar-refractivity contribution is 0.326. The van der Waals surface area contributed by atoms with Crippen LogP contribution in [-0.4, -0.2) is 23.2 Å². The molecule has 1 N–H and O–H groups in total. The van der Waals surface area contributed by atoms with Crippen LogP contribution >= 0.6 is 0 Å². The number of benzene rings is 1. The lowest BCUT2D eigenvalue weighted by Crippen LogP contribution is -2.06. The third-order valence-corrected chi connectivity index (χ3v) is 2.78. The first-order chi connectivity index (χ1) is 10.2. The quantitative estimate of drug-likeness (QED) is 0.847. The zero-order chi connectivity index (χ0) is 15.1. The van der Waals surface area contributed by atoms with Crippen molar-refractivity contribution in [3.8, 4) is 11.6 Å². The van der Waals surface area contributed by atoms with Crippen molar-refractivity contribution in [3.63, 3.8) is 0 Å². The molecule has 112 valence electrons. The zero-order valence-corrected chi connectivity index (χ0v) is 12.7. The van der Waals surface area contributed by atoms with E-state index in [1.165, 1.54) is 0 Å². The molecule has 0 spiro atoms. The Morgan fingerprint density at radius 3 is 2.62 bits per heavy atom. The lowest BCUT2D eigenvalue weighted by atomic mass is 10.2. The molecule has 5 nitrogen and oxygen atoms in total. The molecule has 0 saturated heterocycles. The van der Waals surface area contributed by atoms with Crippen LogP contribution in [0, 0.1) is 6.92 Å². The summed E-state index contributed by atoms with van der Waals surface area (Å²) >= 11 is 0. The van der Waals surface area contributed by atoms with Gasteiger partial charge in [-0.3, -0.25) is 0 Å². The summed E-state index contributed by atoms with van der Waals surface area (Å²) in [6, 6.07) is 9.79. The Labute approximate surface area is 125 Å². The number of nitrogens with zero attached hydrogens (tertiary/aromatic N) is 2. The minimum absolute atomic E-state index is 0.570. The van der Waals surface area contributed by atoms with Gasteiger partial charge < -0.3 is 14.8 Å². The molecule has 1 aromatic heterocycles. The van der Waals surface area contributed by atoms with Crippen LogP contribution in [0.5, 0.6) is 11.6 Å². The van der Waals surface area contributed by atoms with E-state index in [4.69, 9.17) is 9.47 Å². The van der Waals surface area contributed by atoms with E-state index in [2.05, 4.69) is 15.3 Å². The molecular formula is C16H21N3O2. The minimum Gasteiger partial charge on any atom is -0.494 e. The molecule has 2 aromatic rings. The summed E-state index contributed by atoms with van der Waals surface area (Å²) < 4.78 is 10.9. The number of hydrogen-bond acceptors (Lipinski definition) is 5. The van der Waals surface area contributed by atoms with Crippen LogP contribution in [0.4, 0.5) is 5.95 Å². The van der Waals surface area contributed by atoms with Crippen LogP contribution in [0.15, 0.2) is 30.3 Å². The van der Waals surface area contributed by atoms with E-state index in [1.54, 1.807) is 0 Å². The molecule has 1 heterocycles. The number of nitrogens with one attached hydrogen (secondary N) is 1. The highest BCUT2D eigenvalue weighted by molar-refractivity contribution is 5.34. The third kappa shape index (κ3) is 4.63. The number of aryl methyl sites for hydroxylation is 1. The largest absolute Gasteiger partial charge is 0.494 e. The number of aromatic nitrogens is 2. The average Bonchev–Trinajstić information content (AvgIpc) is 2.46. The molecule has 0 aliphatic heterocycles. The maximum atomic E-state index is 5.49. The Morgan fingerprint density at radius 1 is 1.05 bits per heavy atom. The SMILES string of the molecule is CCOc1cccc(CNc2nc(C)cc(OCC)n2)c1. The highest BCUT2D eigenvalue weighted by Gasteiger charge is 2.03. The second-order valence-electron chi connectivity index (χ2n) is 4.54. The predicted octanol–water partition coefficient (Wildman–Crippen LogP) is 3.19. The van der Waals surface area contributed by atoms with Crippen molar-refractivity contribution in [1.29, 1.82) is 0 Å². The molecule has 0 atom stereocenters. The highest BCUT2D eigenvalue weighted by atomic mass is 16.5. The fourth-order valence-corrected chi connectivity index (χ4v) is 1.93. The van der Waals surface area contributed by atoms with Crippen LogP contribution in [-0.2, 0) is 6.54 Å². The first kappa shape index (κ1) is 15.1. The molecule has 0 saturated carbocycles. The van der Waals surface area contributed by atoms with Gasteiger partial charge in [0.15, 0.2) is 0 Å². The van der Waals surface area contributed by atoms with Crippen LogP contribution < -0.4 is 14.8 Å². The Morgan fingerprint density at radius 2 is 1.86 bits per heavy atom. The summed E-state index contributed by atoms with van der Waals surface area (Å²) in [6.07, 6.45) is 0. The lowest BCUT2D eigenvalue weighted by Gasteiger charge is -2.09. The average molecular weight is 287 g/mol. The van der Waals surface area contributed by atoms with Crippen molar-refractivity contribution in [1.82, 2.24) is 9.97 Å². The first-order valence-electron chi connectivity index (χ1n) is 7.15. The van der Waals surface area contributed by atoms with Crippen molar-refractivity contribution < 1.29 is 9.47 Å². The summed E-state index contributed by atoms with van der Waals surface area (Å²) in [5.41, 5.74) is 1.99. The summed E-state index contributed by atoms with van der Waals surface area (Å²) in [7, 11) is 0. The van der Waals surface area contributed by atoms with E-state index >= 15 is 0 Å². The van der Waals surface area contributed by atoms with Crippen molar-refractivity contribution in [2.24, 2.45) is 0 Å². The Kier molecular flexibility index (Phi) is 5.37. The van der Waals surface area contributed by atoms with Gasteiger partial charge in [-0.1, -0.05) is 12.1 Å². The first-order valence-corrected chi connectivity index (χ1v) is 7.15. The molecule has 0 aliphatic carbocycles. The van der Waals surface area contributed by atoms with Gasteiger partial charge in [0, 0.05) is 18.3 Å². The van der Waals surface area contributed by atoms with Crippen LogP contribution in [0.2, 0.25) is 0 Å². The Hall–Kier alpha value is -2.30.